The normalized spacial score (nSPS) is 11.9. The zero-order chi connectivity index (χ0) is 18.6. The maximum atomic E-state index is 12.3. The summed E-state index contributed by atoms with van der Waals surface area (Å²) in [6.45, 7) is 5.82. The van der Waals surface area contributed by atoms with Crippen LogP contribution in [0.4, 0.5) is 5.00 Å². The van der Waals surface area contributed by atoms with Gasteiger partial charge in [-0.25, -0.2) is 4.79 Å². The molecule has 2 rings (SSSR count). The van der Waals surface area contributed by atoms with E-state index in [1.165, 1.54) is 18.4 Å². The summed E-state index contributed by atoms with van der Waals surface area (Å²) in [5.41, 5.74) is 2.24. The lowest BCUT2D eigenvalue weighted by Crippen LogP contribution is -2.30. The summed E-state index contributed by atoms with van der Waals surface area (Å²) in [5.74, 6) is -0.669. The van der Waals surface area contributed by atoms with Crippen LogP contribution in [0.1, 0.15) is 39.3 Å². The summed E-state index contributed by atoms with van der Waals surface area (Å²) in [6.07, 6.45) is 0. The van der Waals surface area contributed by atoms with Crippen molar-refractivity contribution in [1.29, 1.82) is 0 Å². The number of rotatable bonds is 6. The summed E-state index contributed by atoms with van der Waals surface area (Å²) in [7, 11) is 1.33. The van der Waals surface area contributed by atoms with Crippen LogP contribution >= 0.6 is 22.9 Å². The number of esters is 1. The third-order valence-electron chi connectivity index (χ3n) is 3.95. The molecule has 0 fully saturated rings. The van der Waals surface area contributed by atoms with Crippen LogP contribution in [0.5, 0.6) is 0 Å². The highest BCUT2D eigenvalue weighted by Crippen LogP contribution is 2.32. The predicted octanol–water partition coefficient (Wildman–Crippen LogP) is 4.09. The van der Waals surface area contributed by atoms with Crippen molar-refractivity contribution in [3.8, 4) is 0 Å². The Labute approximate surface area is 156 Å². The van der Waals surface area contributed by atoms with Crippen LogP contribution in [0.25, 0.3) is 0 Å². The van der Waals surface area contributed by atoms with Gasteiger partial charge < -0.3 is 15.4 Å². The van der Waals surface area contributed by atoms with E-state index < -0.39 is 5.97 Å². The molecule has 5 nitrogen and oxygen atoms in total. The molecule has 0 saturated carbocycles. The number of halogens is 1. The number of carbonyl (C=O) groups excluding carboxylic acids is 2. The van der Waals surface area contributed by atoms with Crippen LogP contribution in [0.3, 0.4) is 0 Å². The Hall–Kier alpha value is -1.89. The van der Waals surface area contributed by atoms with Gasteiger partial charge in [0, 0.05) is 15.9 Å². The lowest BCUT2D eigenvalue weighted by Gasteiger charge is -2.14. The van der Waals surface area contributed by atoms with E-state index in [2.05, 4.69) is 10.6 Å². The van der Waals surface area contributed by atoms with Gasteiger partial charge in [-0.1, -0.05) is 23.7 Å². The van der Waals surface area contributed by atoms with Crippen molar-refractivity contribution in [3.63, 3.8) is 0 Å². The Balaban J connectivity index is 2.01. The molecular formula is C18H21ClN2O3S. The van der Waals surface area contributed by atoms with E-state index in [-0.39, 0.29) is 18.5 Å². The van der Waals surface area contributed by atoms with Gasteiger partial charge in [0.25, 0.3) is 0 Å². The van der Waals surface area contributed by atoms with E-state index in [1.807, 2.05) is 39.0 Å². The van der Waals surface area contributed by atoms with Gasteiger partial charge in [0.05, 0.1) is 19.2 Å². The maximum Gasteiger partial charge on any atom is 0.341 e. The van der Waals surface area contributed by atoms with E-state index in [0.29, 0.717) is 15.6 Å². The summed E-state index contributed by atoms with van der Waals surface area (Å²) >= 11 is 7.36. The van der Waals surface area contributed by atoms with Crippen molar-refractivity contribution in [1.82, 2.24) is 5.32 Å². The van der Waals surface area contributed by atoms with Gasteiger partial charge in [0.1, 0.15) is 5.00 Å². The van der Waals surface area contributed by atoms with Crippen LogP contribution in [-0.4, -0.2) is 25.5 Å². The van der Waals surface area contributed by atoms with Crippen molar-refractivity contribution in [2.75, 3.05) is 19.0 Å². The van der Waals surface area contributed by atoms with Crippen LogP contribution in [0.15, 0.2) is 24.3 Å². The zero-order valence-electron chi connectivity index (χ0n) is 14.6. The number of benzene rings is 1. The highest BCUT2D eigenvalue weighted by atomic mass is 35.5. The average molecular weight is 381 g/mol. The Morgan fingerprint density at radius 2 is 2.04 bits per heavy atom. The molecule has 0 saturated heterocycles. The number of aryl methyl sites for hydroxylation is 1. The number of hydrogen-bond donors (Lipinski definition) is 2. The highest BCUT2D eigenvalue weighted by Gasteiger charge is 2.21. The minimum absolute atomic E-state index is 0.0312. The number of thiophene rings is 1. The topological polar surface area (TPSA) is 67.4 Å². The quantitative estimate of drug-likeness (QED) is 0.740. The lowest BCUT2D eigenvalue weighted by atomic mass is 10.1. The molecule has 1 amide bonds. The molecular weight excluding hydrogens is 360 g/mol. The monoisotopic (exact) mass is 380 g/mol. The Kier molecular flexibility index (Phi) is 6.58. The van der Waals surface area contributed by atoms with E-state index in [1.54, 1.807) is 6.07 Å². The van der Waals surface area contributed by atoms with E-state index in [9.17, 15) is 9.59 Å². The molecule has 1 heterocycles. The molecule has 0 aliphatic rings. The number of methoxy groups -OCH3 is 1. The molecule has 1 aromatic heterocycles. The minimum Gasteiger partial charge on any atom is -0.465 e. The minimum atomic E-state index is -0.447. The third kappa shape index (κ3) is 4.81. The van der Waals surface area contributed by atoms with Crippen molar-refractivity contribution < 1.29 is 14.3 Å². The van der Waals surface area contributed by atoms with Gasteiger partial charge in [0.15, 0.2) is 0 Å². The molecule has 134 valence electrons. The van der Waals surface area contributed by atoms with E-state index in [0.717, 1.165) is 16.0 Å². The second kappa shape index (κ2) is 8.47. The lowest BCUT2D eigenvalue weighted by molar-refractivity contribution is -0.115. The van der Waals surface area contributed by atoms with Crippen LogP contribution in [0, 0.1) is 13.8 Å². The smallest absolute Gasteiger partial charge is 0.341 e. The number of anilines is 1. The van der Waals surface area contributed by atoms with Crippen LogP contribution in [-0.2, 0) is 9.53 Å². The molecule has 0 aliphatic carbocycles. The fourth-order valence-electron chi connectivity index (χ4n) is 2.37. The van der Waals surface area contributed by atoms with E-state index >= 15 is 0 Å². The van der Waals surface area contributed by atoms with Crippen molar-refractivity contribution in [3.05, 3.63) is 50.9 Å². The molecule has 0 spiro atoms. The first-order valence-electron chi connectivity index (χ1n) is 7.80. The molecule has 2 N–H and O–H groups in total. The molecule has 1 aromatic carbocycles. The predicted molar refractivity (Wildman–Crippen MR) is 102 cm³/mol. The summed E-state index contributed by atoms with van der Waals surface area (Å²) < 4.78 is 4.81. The molecule has 0 unspecified atom stereocenters. The second-order valence-corrected chi connectivity index (χ2v) is 7.35. The number of ether oxygens (including phenoxy) is 1. The van der Waals surface area contributed by atoms with Gasteiger partial charge in [0.2, 0.25) is 5.91 Å². The van der Waals surface area contributed by atoms with Crippen molar-refractivity contribution in [2.45, 2.75) is 26.8 Å². The highest BCUT2D eigenvalue weighted by molar-refractivity contribution is 7.16. The molecule has 0 bridgehead atoms. The van der Waals surface area contributed by atoms with E-state index in [4.69, 9.17) is 16.3 Å². The van der Waals surface area contributed by atoms with Gasteiger partial charge in [-0.05, 0) is 44.0 Å². The zero-order valence-corrected chi connectivity index (χ0v) is 16.2. The Bertz CT molecular complexity index is 789. The second-order valence-electron chi connectivity index (χ2n) is 5.68. The van der Waals surface area contributed by atoms with Gasteiger partial charge in [-0.15, -0.1) is 11.3 Å². The molecule has 1 atom stereocenters. The summed E-state index contributed by atoms with van der Waals surface area (Å²) in [4.78, 5) is 25.2. The number of hydrogen-bond acceptors (Lipinski definition) is 5. The van der Waals surface area contributed by atoms with Gasteiger partial charge >= 0.3 is 5.97 Å². The largest absolute Gasteiger partial charge is 0.465 e. The van der Waals surface area contributed by atoms with Gasteiger partial charge in [-0.2, -0.15) is 0 Å². The number of amides is 1. The fourth-order valence-corrected chi connectivity index (χ4v) is 3.64. The third-order valence-corrected chi connectivity index (χ3v) is 5.30. The standard InChI is InChI=1S/C18H21ClN2O3S/c1-10-12(3)25-17(16(10)18(23)24-4)21-15(22)9-20-11(2)13-6-5-7-14(19)8-13/h5-8,11,20H,9H2,1-4H3,(H,21,22)/t11-/m1/s1. The molecule has 0 aliphatic heterocycles. The molecule has 0 radical (unpaired) electrons. The van der Waals surface area contributed by atoms with Crippen molar-refractivity contribution in [2.24, 2.45) is 0 Å². The fraction of sp³-hybridized carbons (Fsp3) is 0.333. The first-order chi connectivity index (χ1) is 11.8. The van der Waals surface area contributed by atoms with Gasteiger partial charge in [-0.3, -0.25) is 4.79 Å². The molecule has 2 aromatic rings. The van der Waals surface area contributed by atoms with Crippen LogP contribution in [0.2, 0.25) is 5.02 Å². The number of carbonyl (C=O) groups is 2. The molecule has 7 heteroatoms. The Morgan fingerprint density at radius 3 is 2.68 bits per heavy atom. The summed E-state index contributed by atoms with van der Waals surface area (Å²) in [6, 6.07) is 7.45. The SMILES string of the molecule is COC(=O)c1c(NC(=O)CN[C@H](C)c2cccc(Cl)c2)sc(C)c1C. The van der Waals surface area contributed by atoms with Crippen LogP contribution < -0.4 is 10.6 Å². The maximum absolute atomic E-state index is 12.3. The Morgan fingerprint density at radius 1 is 1.32 bits per heavy atom. The molecule has 25 heavy (non-hydrogen) atoms. The number of nitrogens with one attached hydrogen (secondary N) is 2. The summed E-state index contributed by atoms with van der Waals surface area (Å²) in [5, 5.41) is 7.12. The van der Waals surface area contributed by atoms with Crippen molar-refractivity contribution >= 4 is 39.8 Å². The first kappa shape index (κ1) is 19.4. The first-order valence-corrected chi connectivity index (χ1v) is 9.00. The average Bonchev–Trinajstić information content (AvgIpc) is 2.86.